The van der Waals surface area contributed by atoms with E-state index in [2.05, 4.69) is 250 Å². The van der Waals surface area contributed by atoms with E-state index in [-0.39, 0.29) is 11.3 Å². The minimum atomic E-state index is -0.503. The second kappa shape index (κ2) is 15.6. The summed E-state index contributed by atoms with van der Waals surface area (Å²) in [5.41, 5.74) is 22.1. The van der Waals surface area contributed by atoms with E-state index in [0.29, 0.717) is 0 Å². The van der Waals surface area contributed by atoms with Gasteiger partial charge in [0.15, 0.2) is 0 Å². The van der Waals surface area contributed by atoms with Gasteiger partial charge in [-0.2, -0.15) is 0 Å². The van der Waals surface area contributed by atoms with Crippen molar-refractivity contribution in [3.05, 3.63) is 287 Å². The van der Waals surface area contributed by atoms with Crippen LogP contribution >= 0.6 is 0 Å². The van der Waals surface area contributed by atoms with Crippen LogP contribution in [0.25, 0.3) is 55.3 Å². The highest BCUT2D eigenvalue weighted by atomic mass is 14.5. The molecule has 310 valence electrons. The van der Waals surface area contributed by atoms with Crippen LogP contribution in [0.2, 0.25) is 0 Å². The molecule has 1 atom stereocenters. The number of aryl methyl sites for hydroxylation is 1. The lowest BCUT2D eigenvalue weighted by atomic mass is 9.67. The maximum Gasteiger partial charge on any atom is 0.0713 e. The van der Waals surface area contributed by atoms with E-state index in [1.807, 2.05) is 0 Å². The molecule has 2 aliphatic rings. The van der Waals surface area contributed by atoms with Gasteiger partial charge in [0, 0.05) is 11.3 Å². The minimum Gasteiger partial charge on any atom is -0.0622 e. The average Bonchev–Trinajstić information content (AvgIpc) is 3.80. The molecule has 0 aliphatic heterocycles. The molecule has 0 nitrogen and oxygen atoms in total. The zero-order chi connectivity index (χ0) is 43.5. The van der Waals surface area contributed by atoms with Gasteiger partial charge in [0.25, 0.3) is 0 Å². The van der Waals surface area contributed by atoms with Crippen molar-refractivity contribution in [3.63, 3.8) is 0 Å². The Hall–Kier alpha value is -7.54. The summed E-state index contributed by atoms with van der Waals surface area (Å²) in [7, 11) is 0. The van der Waals surface area contributed by atoms with Crippen molar-refractivity contribution in [2.24, 2.45) is 0 Å². The summed E-state index contributed by atoms with van der Waals surface area (Å²) >= 11 is 0. The van der Waals surface area contributed by atoms with Gasteiger partial charge in [-0.15, -0.1) is 0 Å². The van der Waals surface area contributed by atoms with Gasteiger partial charge in [-0.25, -0.2) is 0 Å². The van der Waals surface area contributed by atoms with Crippen molar-refractivity contribution in [1.29, 1.82) is 0 Å². The van der Waals surface area contributed by atoms with Crippen LogP contribution in [-0.2, 0) is 17.3 Å². The third-order valence-electron chi connectivity index (χ3n) is 14.8. The SMILES string of the molecule is CC1(C)c2ccccc2-c2ccc(C(CCc3cc(-c4cccc5ccccc45)c4c(c3)C(c3ccccc3)(c3ccccc3)c3ccccc3-4)c3ccc(-c4ccccc4)cc3)cc21. The number of rotatable bonds is 9. The van der Waals surface area contributed by atoms with E-state index in [1.165, 1.54) is 105 Å². The van der Waals surface area contributed by atoms with Gasteiger partial charge in [0.1, 0.15) is 0 Å². The highest BCUT2D eigenvalue weighted by Crippen LogP contribution is 2.59. The summed E-state index contributed by atoms with van der Waals surface area (Å²) in [6.45, 7) is 4.79. The van der Waals surface area contributed by atoms with Crippen molar-refractivity contribution in [3.8, 4) is 44.5 Å². The largest absolute Gasteiger partial charge is 0.0713 e. The Morgan fingerprint density at radius 1 is 0.369 bits per heavy atom. The first kappa shape index (κ1) is 39.1. The summed E-state index contributed by atoms with van der Waals surface area (Å²) in [6, 6.07) is 89.1. The topological polar surface area (TPSA) is 0 Å². The van der Waals surface area contributed by atoms with E-state index in [0.717, 1.165) is 12.8 Å². The van der Waals surface area contributed by atoms with Crippen LogP contribution in [0.5, 0.6) is 0 Å². The summed E-state index contributed by atoms with van der Waals surface area (Å²) < 4.78 is 0. The zero-order valence-electron chi connectivity index (χ0n) is 37.0. The first-order valence-corrected chi connectivity index (χ1v) is 23.3. The van der Waals surface area contributed by atoms with Crippen LogP contribution in [0.1, 0.15) is 76.3 Å². The summed E-state index contributed by atoms with van der Waals surface area (Å²) in [5.74, 6) is 0.184. The van der Waals surface area contributed by atoms with Crippen LogP contribution < -0.4 is 0 Å². The minimum absolute atomic E-state index is 0.0792. The van der Waals surface area contributed by atoms with Gasteiger partial charge >= 0.3 is 0 Å². The second-order valence-electron chi connectivity index (χ2n) is 18.7. The molecule has 0 radical (unpaired) electrons. The molecule has 12 rings (SSSR count). The first-order valence-electron chi connectivity index (χ1n) is 23.3. The molecule has 65 heavy (non-hydrogen) atoms. The smallest absolute Gasteiger partial charge is 0.0622 e. The average molecular weight is 831 g/mol. The Labute approximate surface area is 383 Å². The van der Waals surface area contributed by atoms with Crippen LogP contribution in [-0.4, -0.2) is 0 Å². The summed E-state index contributed by atoms with van der Waals surface area (Å²) in [5, 5.41) is 2.54. The molecule has 0 heterocycles. The second-order valence-corrected chi connectivity index (χ2v) is 18.7. The first-order chi connectivity index (χ1) is 32.0. The molecular weight excluding hydrogens is 781 g/mol. The van der Waals surface area contributed by atoms with Crippen molar-refractivity contribution < 1.29 is 0 Å². The molecule has 0 heteroatoms. The number of hydrogen-bond donors (Lipinski definition) is 0. The molecule has 10 aromatic carbocycles. The fourth-order valence-corrected chi connectivity index (χ4v) is 11.8. The van der Waals surface area contributed by atoms with Crippen molar-refractivity contribution >= 4 is 10.8 Å². The van der Waals surface area contributed by atoms with Crippen LogP contribution in [0.15, 0.2) is 237 Å². The van der Waals surface area contributed by atoms with Gasteiger partial charge in [0.05, 0.1) is 5.41 Å². The molecule has 0 spiro atoms. The van der Waals surface area contributed by atoms with Crippen molar-refractivity contribution in [2.75, 3.05) is 0 Å². The molecule has 0 fully saturated rings. The standard InChI is InChI=1S/C65H50/c1-64(2)59-31-16-14-28-55(59)56-40-38-49(43-61(56)64)52(48-36-34-46(35-37-48)45-19-6-3-7-20-45)39-33-44-41-58(54-30-18-22-47-21-12-13-27-53(47)54)63-57-29-15-17-32-60(57)65(62(63)42-44,50-23-8-4-9-24-50)51-25-10-5-11-26-51/h3-32,34-38,40-43,52H,33,39H2,1-2H3. The lowest BCUT2D eigenvalue weighted by Crippen LogP contribution is -2.28. The summed E-state index contributed by atoms with van der Waals surface area (Å²) in [4.78, 5) is 0. The lowest BCUT2D eigenvalue weighted by Gasteiger charge is -2.34. The van der Waals surface area contributed by atoms with Gasteiger partial charge < -0.3 is 0 Å². The predicted molar refractivity (Wildman–Crippen MR) is 273 cm³/mol. The van der Waals surface area contributed by atoms with Crippen molar-refractivity contribution in [1.82, 2.24) is 0 Å². The molecule has 2 aliphatic carbocycles. The van der Waals surface area contributed by atoms with E-state index >= 15 is 0 Å². The van der Waals surface area contributed by atoms with Gasteiger partial charge in [-0.1, -0.05) is 250 Å². The highest BCUT2D eigenvalue weighted by Gasteiger charge is 2.47. The molecule has 0 saturated heterocycles. The van der Waals surface area contributed by atoms with Crippen molar-refractivity contribution in [2.45, 2.75) is 43.4 Å². The molecular formula is C65H50. The normalized spacial score (nSPS) is 14.3. The Morgan fingerprint density at radius 2 is 0.923 bits per heavy atom. The summed E-state index contributed by atoms with van der Waals surface area (Å²) in [6.07, 6.45) is 1.87. The van der Waals surface area contributed by atoms with Gasteiger partial charge in [0.2, 0.25) is 0 Å². The quantitative estimate of drug-likeness (QED) is 0.136. The van der Waals surface area contributed by atoms with Gasteiger partial charge in [-0.3, -0.25) is 0 Å². The monoisotopic (exact) mass is 830 g/mol. The van der Waals surface area contributed by atoms with Crippen LogP contribution in [0.3, 0.4) is 0 Å². The molecule has 0 N–H and O–H groups in total. The Bertz CT molecular complexity index is 3330. The number of fused-ring (bicyclic) bond motifs is 7. The Balaban J connectivity index is 1.06. The Morgan fingerprint density at radius 3 is 1.66 bits per heavy atom. The maximum absolute atomic E-state index is 2.59. The Kier molecular flexibility index (Phi) is 9.39. The fraction of sp³-hybridized carbons (Fsp3) is 0.108. The van der Waals surface area contributed by atoms with Gasteiger partial charge in [-0.05, 0) is 118 Å². The maximum atomic E-state index is 2.59. The molecule has 1 unspecified atom stereocenters. The fourth-order valence-electron chi connectivity index (χ4n) is 11.8. The van der Waals surface area contributed by atoms with E-state index in [9.17, 15) is 0 Å². The molecule has 0 saturated carbocycles. The molecule has 10 aromatic rings. The molecule has 0 aromatic heterocycles. The highest BCUT2D eigenvalue weighted by molar-refractivity contribution is 6.04. The third kappa shape index (κ3) is 6.27. The number of hydrogen-bond acceptors (Lipinski definition) is 0. The predicted octanol–water partition coefficient (Wildman–Crippen LogP) is 16.6. The van der Waals surface area contributed by atoms with E-state index < -0.39 is 5.41 Å². The van der Waals surface area contributed by atoms with Crippen LogP contribution in [0.4, 0.5) is 0 Å². The molecule has 0 bridgehead atoms. The zero-order valence-corrected chi connectivity index (χ0v) is 37.0. The molecule has 0 amide bonds. The van der Waals surface area contributed by atoms with E-state index in [4.69, 9.17) is 0 Å². The lowest BCUT2D eigenvalue weighted by molar-refractivity contribution is 0.654. The van der Waals surface area contributed by atoms with Crippen LogP contribution in [0, 0.1) is 0 Å². The number of benzene rings is 10. The van der Waals surface area contributed by atoms with E-state index in [1.54, 1.807) is 0 Å². The third-order valence-corrected chi connectivity index (χ3v) is 14.8.